The van der Waals surface area contributed by atoms with Gasteiger partial charge in [-0.2, -0.15) is 13.2 Å². The van der Waals surface area contributed by atoms with Crippen molar-refractivity contribution < 1.29 is 27.5 Å². The highest BCUT2D eigenvalue weighted by Crippen LogP contribution is 2.59. The van der Waals surface area contributed by atoms with E-state index in [9.17, 15) is 17.7 Å². The molecule has 16 heavy (non-hydrogen) atoms. The fourth-order valence-corrected chi connectivity index (χ4v) is 3.00. The van der Waals surface area contributed by atoms with Gasteiger partial charge >= 0.3 is 13.8 Å². The average molecular weight is 260 g/mol. The molecule has 0 saturated heterocycles. The predicted molar refractivity (Wildman–Crippen MR) is 55.2 cm³/mol. The third kappa shape index (κ3) is 4.28. The molecule has 2 N–H and O–H groups in total. The summed E-state index contributed by atoms with van der Waals surface area (Å²) in [7, 11) is -4.83. The van der Waals surface area contributed by atoms with Gasteiger partial charge in [-0.1, -0.05) is 19.4 Å². The van der Waals surface area contributed by atoms with Gasteiger partial charge in [0.25, 0.3) is 0 Å². The van der Waals surface area contributed by atoms with Gasteiger partial charge in [-0.15, -0.1) is 6.58 Å². The van der Waals surface area contributed by atoms with Crippen LogP contribution >= 0.6 is 7.60 Å². The maximum Gasteiger partial charge on any atom is 0.390 e. The van der Waals surface area contributed by atoms with Gasteiger partial charge in [-0.25, -0.2) is 0 Å². The van der Waals surface area contributed by atoms with Gasteiger partial charge in [-0.05, 0) is 12.8 Å². The Morgan fingerprint density at radius 1 is 1.38 bits per heavy atom. The monoisotopic (exact) mass is 260 g/mol. The molecule has 3 nitrogen and oxygen atoms in total. The molecule has 0 fully saturated rings. The van der Waals surface area contributed by atoms with Gasteiger partial charge < -0.3 is 9.79 Å². The van der Waals surface area contributed by atoms with Crippen LogP contribution < -0.4 is 0 Å². The van der Waals surface area contributed by atoms with E-state index in [0.29, 0.717) is 0 Å². The number of rotatable bonds is 6. The van der Waals surface area contributed by atoms with Crippen molar-refractivity contribution in [3.8, 4) is 0 Å². The molecule has 0 saturated carbocycles. The molecule has 96 valence electrons. The van der Waals surface area contributed by atoms with Crippen LogP contribution in [0.25, 0.3) is 0 Å². The molecule has 0 radical (unpaired) electrons. The Balaban J connectivity index is 5.26. The van der Waals surface area contributed by atoms with Crippen LogP contribution in [0.4, 0.5) is 13.2 Å². The lowest BCUT2D eigenvalue weighted by Crippen LogP contribution is -2.34. The smallest absolute Gasteiger partial charge is 0.324 e. The summed E-state index contributed by atoms with van der Waals surface area (Å²) in [5.41, 5.74) is 0. The first-order chi connectivity index (χ1) is 7.08. The Morgan fingerprint density at radius 2 is 1.88 bits per heavy atom. The van der Waals surface area contributed by atoms with Crippen molar-refractivity contribution in [2.75, 3.05) is 0 Å². The minimum atomic E-state index is -4.83. The predicted octanol–water partition coefficient (Wildman–Crippen LogP) is 3.23. The summed E-state index contributed by atoms with van der Waals surface area (Å²) >= 11 is 0. The van der Waals surface area contributed by atoms with Crippen molar-refractivity contribution in [1.82, 2.24) is 0 Å². The van der Waals surface area contributed by atoms with Crippen LogP contribution in [0.1, 0.15) is 32.6 Å². The molecule has 7 heteroatoms. The second kappa shape index (κ2) is 5.34. The van der Waals surface area contributed by atoms with E-state index >= 15 is 0 Å². The maximum absolute atomic E-state index is 12.3. The highest BCUT2D eigenvalue weighted by molar-refractivity contribution is 7.53. The van der Waals surface area contributed by atoms with Gasteiger partial charge in [0.05, 0.1) is 11.6 Å². The van der Waals surface area contributed by atoms with E-state index < -0.39 is 25.3 Å². The second-order valence-corrected chi connectivity index (χ2v) is 5.84. The van der Waals surface area contributed by atoms with E-state index in [1.807, 2.05) is 0 Å². The van der Waals surface area contributed by atoms with E-state index in [1.54, 1.807) is 6.92 Å². The summed E-state index contributed by atoms with van der Waals surface area (Å²) in [5.74, 6) is 0. The van der Waals surface area contributed by atoms with E-state index in [-0.39, 0.29) is 19.3 Å². The topological polar surface area (TPSA) is 57.5 Å². The number of alkyl halides is 3. The fraction of sp³-hybridized carbons (Fsp3) is 0.778. The van der Waals surface area contributed by atoms with Crippen LogP contribution in [-0.2, 0) is 4.57 Å². The summed E-state index contributed by atoms with van der Waals surface area (Å²) in [6, 6.07) is 0. The van der Waals surface area contributed by atoms with Crippen LogP contribution in [0.3, 0.4) is 0 Å². The van der Waals surface area contributed by atoms with Crippen molar-refractivity contribution in [2.24, 2.45) is 0 Å². The normalized spacial score (nSPS) is 16.9. The van der Waals surface area contributed by atoms with Gasteiger partial charge in [0.1, 0.15) is 0 Å². The molecule has 0 aliphatic carbocycles. The van der Waals surface area contributed by atoms with Crippen molar-refractivity contribution in [2.45, 2.75) is 43.9 Å². The molecule has 1 atom stereocenters. The summed E-state index contributed by atoms with van der Waals surface area (Å²) < 4.78 is 48.3. The van der Waals surface area contributed by atoms with Crippen LogP contribution in [0, 0.1) is 0 Å². The molecule has 0 amide bonds. The average Bonchev–Trinajstić information content (AvgIpc) is 1.99. The number of hydrogen-bond donors (Lipinski definition) is 2. The SMILES string of the molecule is C=CCC(CCC)(CC(F)(F)F)P(=O)(O)O. The van der Waals surface area contributed by atoms with E-state index in [0.717, 1.165) is 6.08 Å². The minimum Gasteiger partial charge on any atom is -0.324 e. The zero-order valence-corrected chi connectivity index (χ0v) is 9.89. The molecule has 0 aromatic carbocycles. The highest BCUT2D eigenvalue weighted by Gasteiger charge is 2.51. The van der Waals surface area contributed by atoms with Gasteiger partial charge in [-0.3, -0.25) is 4.57 Å². The van der Waals surface area contributed by atoms with Crippen molar-refractivity contribution in [1.29, 1.82) is 0 Å². The number of allylic oxidation sites excluding steroid dienone is 1. The lowest BCUT2D eigenvalue weighted by Gasteiger charge is -2.33. The van der Waals surface area contributed by atoms with Crippen molar-refractivity contribution in [3.05, 3.63) is 12.7 Å². The molecule has 0 aromatic rings. The van der Waals surface area contributed by atoms with Crippen LogP contribution in [0.5, 0.6) is 0 Å². The Labute approximate surface area is 92.5 Å². The standard InChI is InChI=1S/C9H16F3O3P/c1-3-5-8(6-4-2,16(13,14)15)7-9(10,11)12/h3H,1,4-7H2,2H3,(H2,13,14,15). The van der Waals surface area contributed by atoms with Crippen molar-refractivity contribution >= 4 is 7.60 Å². The molecule has 0 bridgehead atoms. The number of hydrogen-bond acceptors (Lipinski definition) is 1. The molecule has 1 unspecified atom stereocenters. The molecule has 0 heterocycles. The lowest BCUT2D eigenvalue weighted by atomic mass is 9.94. The first-order valence-corrected chi connectivity index (χ1v) is 6.42. The highest BCUT2D eigenvalue weighted by atomic mass is 31.2. The molecule has 0 aliphatic heterocycles. The zero-order valence-electron chi connectivity index (χ0n) is 9.00. The molecule has 0 aromatic heterocycles. The second-order valence-electron chi connectivity index (χ2n) is 3.80. The summed E-state index contributed by atoms with van der Waals surface area (Å²) in [6.45, 7) is 4.85. The van der Waals surface area contributed by atoms with Crippen molar-refractivity contribution in [3.63, 3.8) is 0 Å². The van der Waals surface area contributed by atoms with E-state index in [4.69, 9.17) is 9.79 Å². The third-order valence-corrected chi connectivity index (χ3v) is 4.19. The van der Waals surface area contributed by atoms with E-state index in [1.165, 1.54) is 0 Å². The molecular formula is C9H16F3O3P. The Kier molecular flexibility index (Phi) is 5.23. The van der Waals surface area contributed by atoms with Gasteiger partial charge in [0.15, 0.2) is 0 Å². The zero-order chi connectivity index (χ0) is 13.0. The Morgan fingerprint density at radius 3 is 2.12 bits per heavy atom. The minimum absolute atomic E-state index is 0.178. The first kappa shape index (κ1) is 15.7. The molecular weight excluding hydrogens is 244 g/mol. The van der Waals surface area contributed by atoms with Gasteiger partial charge in [0.2, 0.25) is 0 Å². The third-order valence-electron chi connectivity index (χ3n) is 2.39. The Bertz CT molecular complexity index is 284. The lowest BCUT2D eigenvalue weighted by molar-refractivity contribution is -0.143. The quantitative estimate of drug-likeness (QED) is 0.569. The number of halogens is 3. The summed E-state index contributed by atoms with van der Waals surface area (Å²) in [6.07, 6.45) is -5.20. The summed E-state index contributed by atoms with van der Waals surface area (Å²) in [4.78, 5) is 18.2. The molecule has 0 spiro atoms. The Hall–Kier alpha value is -0.320. The maximum atomic E-state index is 12.3. The largest absolute Gasteiger partial charge is 0.390 e. The van der Waals surface area contributed by atoms with Crippen LogP contribution in [0.15, 0.2) is 12.7 Å². The van der Waals surface area contributed by atoms with E-state index in [2.05, 4.69) is 6.58 Å². The first-order valence-electron chi connectivity index (χ1n) is 4.81. The fourth-order valence-electron chi connectivity index (χ4n) is 1.74. The van der Waals surface area contributed by atoms with Crippen LogP contribution in [0.2, 0.25) is 0 Å². The molecule has 0 aliphatic rings. The van der Waals surface area contributed by atoms with Crippen LogP contribution in [-0.4, -0.2) is 21.1 Å². The van der Waals surface area contributed by atoms with Gasteiger partial charge in [0, 0.05) is 0 Å². The molecule has 0 rings (SSSR count). The summed E-state index contributed by atoms with van der Waals surface area (Å²) in [5, 5.41) is -2.05.